The van der Waals surface area contributed by atoms with Crippen molar-refractivity contribution in [3.63, 3.8) is 0 Å². The van der Waals surface area contributed by atoms with Crippen LogP contribution in [0.15, 0.2) is 0 Å². The summed E-state index contributed by atoms with van der Waals surface area (Å²) in [5.41, 5.74) is 0. The van der Waals surface area contributed by atoms with E-state index >= 15 is 0 Å². The van der Waals surface area contributed by atoms with E-state index < -0.39 is 0 Å². The molecule has 19 heavy (non-hydrogen) atoms. The van der Waals surface area contributed by atoms with Gasteiger partial charge in [0.1, 0.15) is 6.04 Å². The molecule has 0 amide bonds. The average Bonchev–Trinajstić information content (AvgIpc) is 2.80. The molecule has 0 saturated heterocycles. The van der Waals surface area contributed by atoms with E-state index in [0.717, 1.165) is 19.0 Å². The molecule has 1 fully saturated rings. The lowest BCUT2D eigenvalue weighted by Crippen LogP contribution is -2.49. The van der Waals surface area contributed by atoms with E-state index in [2.05, 4.69) is 31.1 Å². The Balaban J connectivity index is 2.42. The Kier molecular flexibility index (Phi) is 7.39. The number of carbonyl (C=O) groups is 1. The highest BCUT2D eigenvalue weighted by Crippen LogP contribution is 2.25. The van der Waals surface area contributed by atoms with Gasteiger partial charge in [0.15, 0.2) is 0 Å². The van der Waals surface area contributed by atoms with Gasteiger partial charge < -0.3 is 15.0 Å². The predicted octanol–water partition coefficient (Wildman–Crippen LogP) is 2.04. The van der Waals surface area contributed by atoms with Gasteiger partial charge in [0, 0.05) is 19.1 Å². The van der Waals surface area contributed by atoms with Crippen LogP contribution in [-0.2, 0) is 9.53 Å². The minimum Gasteiger partial charge on any atom is -0.465 e. The molecule has 1 unspecified atom stereocenters. The van der Waals surface area contributed by atoms with Crippen molar-refractivity contribution in [3.05, 3.63) is 0 Å². The molecule has 0 spiro atoms. The van der Waals surface area contributed by atoms with Gasteiger partial charge in [-0.1, -0.05) is 26.7 Å². The normalized spacial score (nSPS) is 18.2. The maximum Gasteiger partial charge on any atom is 0.324 e. The molecule has 1 saturated carbocycles. The fraction of sp³-hybridized carbons (Fsp3) is 0.933. The summed E-state index contributed by atoms with van der Waals surface area (Å²) in [5.74, 6) is 0.682. The minimum atomic E-state index is -0.216. The fourth-order valence-corrected chi connectivity index (χ4v) is 2.86. The van der Waals surface area contributed by atoms with E-state index in [9.17, 15) is 4.79 Å². The molecule has 1 rings (SSSR count). The van der Waals surface area contributed by atoms with Crippen molar-refractivity contribution in [1.82, 2.24) is 10.2 Å². The number of hydrogen-bond acceptors (Lipinski definition) is 4. The Morgan fingerprint density at radius 1 is 1.37 bits per heavy atom. The van der Waals surface area contributed by atoms with Crippen molar-refractivity contribution >= 4 is 5.97 Å². The lowest BCUT2D eigenvalue weighted by Gasteiger charge is -2.27. The van der Waals surface area contributed by atoms with Gasteiger partial charge in [-0.25, -0.2) is 0 Å². The number of hydrogen-bond donors (Lipinski definition) is 1. The second kappa shape index (κ2) is 8.54. The zero-order valence-electron chi connectivity index (χ0n) is 12.9. The zero-order valence-corrected chi connectivity index (χ0v) is 12.9. The monoisotopic (exact) mass is 270 g/mol. The number of rotatable bonds is 8. The summed E-state index contributed by atoms with van der Waals surface area (Å²) in [4.78, 5) is 14.2. The van der Waals surface area contributed by atoms with Gasteiger partial charge in [-0.3, -0.25) is 4.79 Å². The number of esters is 1. The van der Waals surface area contributed by atoms with Crippen molar-refractivity contribution in [2.75, 3.05) is 26.7 Å². The fourth-order valence-electron chi connectivity index (χ4n) is 2.86. The lowest BCUT2D eigenvalue weighted by molar-refractivity contribution is -0.146. The van der Waals surface area contributed by atoms with E-state index in [1.54, 1.807) is 0 Å². The first kappa shape index (κ1) is 16.4. The third-order valence-corrected chi connectivity index (χ3v) is 3.64. The molecule has 1 atom stereocenters. The highest BCUT2D eigenvalue weighted by atomic mass is 16.5. The Morgan fingerprint density at radius 3 is 2.53 bits per heavy atom. The van der Waals surface area contributed by atoms with Gasteiger partial charge in [-0.05, 0) is 32.7 Å². The summed E-state index contributed by atoms with van der Waals surface area (Å²) < 4.78 is 5.15. The van der Waals surface area contributed by atoms with Crippen LogP contribution in [0.1, 0.15) is 46.5 Å². The summed E-state index contributed by atoms with van der Waals surface area (Å²) in [5, 5.41) is 3.30. The first-order valence-corrected chi connectivity index (χ1v) is 7.64. The van der Waals surface area contributed by atoms with Crippen LogP contribution in [0.5, 0.6) is 0 Å². The topological polar surface area (TPSA) is 41.6 Å². The van der Waals surface area contributed by atoms with Gasteiger partial charge >= 0.3 is 5.97 Å². The minimum absolute atomic E-state index is 0.130. The van der Waals surface area contributed by atoms with Crippen LogP contribution in [0.2, 0.25) is 0 Å². The summed E-state index contributed by atoms with van der Waals surface area (Å²) in [7, 11) is 2.10. The summed E-state index contributed by atoms with van der Waals surface area (Å²) in [6.45, 7) is 8.24. The van der Waals surface area contributed by atoms with Gasteiger partial charge in [-0.2, -0.15) is 0 Å². The van der Waals surface area contributed by atoms with Gasteiger partial charge in [0.2, 0.25) is 0 Å². The summed E-state index contributed by atoms with van der Waals surface area (Å²) >= 11 is 0. The molecule has 0 heterocycles. The van der Waals surface area contributed by atoms with E-state index in [-0.39, 0.29) is 18.1 Å². The van der Waals surface area contributed by atoms with Gasteiger partial charge in [0.25, 0.3) is 0 Å². The molecule has 1 aliphatic rings. The van der Waals surface area contributed by atoms with Crippen molar-refractivity contribution in [1.29, 1.82) is 0 Å². The maximum atomic E-state index is 11.9. The first-order valence-electron chi connectivity index (χ1n) is 7.64. The SMILES string of the molecule is CCOC(=O)C(CN(C)CC1CCCC1)NC(C)C. The molecule has 0 radical (unpaired) electrons. The zero-order chi connectivity index (χ0) is 14.3. The molecule has 0 aromatic carbocycles. The molecule has 1 aliphatic carbocycles. The van der Waals surface area contributed by atoms with Gasteiger partial charge in [-0.15, -0.1) is 0 Å². The Labute approximate surface area is 117 Å². The van der Waals surface area contributed by atoms with Crippen LogP contribution in [0.3, 0.4) is 0 Å². The predicted molar refractivity (Wildman–Crippen MR) is 78.1 cm³/mol. The van der Waals surface area contributed by atoms with E-state index in [0.29, 0.717) is 6.61 Å². The standard InChI is InChI=1S/C15H30N2O2/c1-5-19-15(18)14(16-12(2)3)11-17(4)10-13-8-6-7-9-13/h12-14,16H,5-11H2,1-4H3. The molecule has 112 valence electrons. The van der Waals surface area contributed by atoms with Crippen molar-refractivity contribution in [2.45, 2.75) is 58.5 Å². The van der Waals surface area contributed by atoms with Crippen LogP contribution >= 0.6 is 0 Å². The number of ether oxygens (including phenoxy) is 1. The van der Waals surface area contributed by atoms with E-state index in [1.165, 1.54) is 25.7 Å². The second-order valence-corrected chi connectivity index (χ2v) is 6.00. The number of nitrogens with zero attached hydrogens (tertiary/aromatic N) is 1. The number of nitrogens with one attached hydrogen (secondary N) is 1. The quantitative estimate of drug-likeness (QED) is 0.685. The van der Waals surface area contributed by atoms with Crippen LogP contribution < -0.4 is 5.32 Å². The Morgan fingerprint density at radius 2 is 2.00 bits per heavy atom. The molecule has 0 aromatic rings. The third kappa shape index (κ3) is 6.39. The summed E-state index contributed by atoms with van der Waals surface area (Å²) in [6, 6.07) is 0.0700. The highest BCUT2D eigenvalue weighted by molar-refractivity contribution is 5.76. The van der Waals surface area contributed by atoms with Crippen molar-refractivity contribution in [2.24, 2.45) is 5.92 Å². The molecular weight excluding hydrogens is 240 g/mol. The van der Waals surface area contributed by atoms with Crippen LogP contribution in [0.25, 0.3) is 0 Å². The molecule has 4 nitrogen and oxygen atoms in total. The third-order valence-electron chi connectivity index (χ3n) is 3.64. The molecule has 1 N–H and O–H groups in total. The number of likely N-dealkylation sites (N-methyl/N-ethyl adjacent to an activating group) is 1. The largest absolute Gasteiger partial charge is 0.465 e. The second-order valence-electron chi connectivity index (χ2n) is 6.00. The molecule has 0 aromatic heterocycles. The molecule has 0 bridgehead atoms. The van der Waals surface area contributed by atoms with E-state index in [4.69, 9.17) is 4.74 Å². The van der Waals surface area contributed by atoms with Crippen LogP contribution in [0.4, 0.5) is 0 Å². The number of carbonyl (C=O) groups excluding carboxylic acids is 1. The van der Waals surface area contributed by atoms with Crippen LogP contribution in [0, 0.1) is 5.92 Å². The lowest BCUT2D eigenvalue weighted by atomic mass is 10.1. The summed E-state index contributed by atoms with van der Waals surface area (Å²) in [6.07, 6.45) is 5.41. The van der Waals surface area contributed by atoms with Crippen LogP contribution in [-0.4, -0.2) is 49.7 Å². The Bertz CT molecular complexity index is 263. The average molecular weight is 270 g/mol. The molecule has 4 heteroatoms. The highest BCUT2D eigenvalue weighted by Gasteiger charge is 2.24. The van der Waals surface area contributed by atoms with E-state index in [1.807, 2.05) is 6.92 Å². The molecular formula is C15H30N2O2. The maximum absolute atomic E-state index is 11.9. The first-order chi connectivity index (χ1) is 9.02. The molecule has 0 aliphatic heterocycles. The van der Waals surface area contributed by atoms with Crippen molar-refractivity contribution < 1.29 is 9.53 Å². The van der Waals surface area contributed by atoms with Crippen molar-refractivity contribution in [3.8, 4) is 0 Å². The van der Waals surface area contributed by atoms with Gasteiger partial charge in [0.05, 0.1) is 6.61 Å². The Hall–Kier alpha value is -0.610. The smallest absolute Gasteiger partial charge is 0.324 e.